The van der Waals surface area contributed by atoms with E-state index in [0.717, 1.165) is 0 Å². The molecule has 0 heterocycles. The minimum atomic E-state index is -3.74. The van der Waals surface area contributed by atoms with Gasteiger partial charge < -0.3 is 14.6 Å². The smallest absolute Gasteiger partial charge is 0.339 e. The maximum atomic E-state index is 12.8. The van der Waals surface area contributed by atoms with Crippen LogP contribution in [0.25, 0.3) is 0 Å². The molecule has 0 aliphatic heterocycles. The predicted octanol–water partition coefficient (Wildman–Crippen LogP) is 4.42. The van der Waals surface area contributed by atoms with Gasteiger partial charge in [-0.05, 0) is 56.9 Å². The third kappa shape index (κ3) is 7.09. The summed E-state index contributed by atoms with van der Waals surface area (Å²) in [5.41, 5.74) is 0.0601. The van der Waals surface area contributed by atoms with E-state index in [2.05, 4.69) is 0 Å². The molecule has 0 aliphatic carbocycles. The molecule has 0 bridgehead atoms. The van der Waals surface area contributed by atoms with E-state index in [-0.39, 0.29) is 40.8 Å². The lowest BCUT2D eigenvalue weighted by Gasteiger charge is -2.20. The fourth-order valence-electron chi connectivity index (χ4n) is 3.16. The average Bonchev–Trinajstić information content (AvgIpc) is 2.70. The van der Waals surface area contributed by atoms with E-state index in [1.54, 1.807) is 45.0 Å². The lowest BCUT2D eigenvalue weighted by atomic mass is 10.0. The zero-order chi connectivity index (χ0) is 23.9. The SMILES string of the molecule is CCc1ccc(CS(=O)(=O)c2ccccc2)c(C(=O)O)c1OCCCC(=O)OC(C)(C)C. The number of carbonyl (C=O) groups excluding carboxylic acids is 1. The Bertz CT molecular complexity index is 1050. The number of hydrogen-bond donors (Lipinski definition) is 1. The van der Waals surface area contributed by atoms with Crippen molar-refractivity contribution in [2.45, 2.75) is 63.2 Å². The molecule has 2 aromatic rings. The molecule has 8 heteroatoms. The average molecular weight is 463 g/mol. The molecule has 0 saturated carbocycles. The van der Waals surface area contributed by atoms with E-state index >= 15 is 0 Å². The first kappa shape index (κ1) is 25.4. The summed E-state index contributed by atoms with van der Waals surface area (Å²) in [6.45, 7) is 7.30. The summed E-state index contributed by atoms with van der Waals surface area (Å²) in [5.74, 6) is -1.94. The molecular weight excluding hydrogens is 432 g/mol. The Kier molecular flexibility index (Phi) is 8.44. The van der Waals surface area contributed by atoms with Crippen LogP contribution in [-0.4, -0.2) is 37.7 Å². The van der Waals surface area contributed by atoms with Crippen molar-refractivity contribution in [1.29, 1.82) is 0 Å². The van der Waals surface area contributed by atoms with Crippen molar-refractivity contribution in [2.75, 3.05) is 6.61 Å². The highest BCUT2D eigenvalue weighted by Gasteiger charge is 2.25. The number of esters is 1. The summed E-state index contributed by atoms with van der Waals surface area (Å²) in [6.07, 6.45) is 0.972. The predicted molar refractivity (Wildman–Crippen MR) is 121 cm³/mol. The van der Waals surface area contributed by atoms with Gasteiger partial charge in [-0.15, -0.1) is 0 Å². The van der Waals surface area contributed by atoms with Gasteiger partial charge in [0.15, 0.2) is 9.84 Å². The first-order valence-corrected chi connectivity index (χ1v) is 12.1. The van der Waals surface area contributed by atoms with Gasteiger partial charge in [0.2, 0.25) is 0 Å². The van der Waals surface area contributed by atoms with Crippen LogP contribution in [0.15, 0.2) is 47.4 Å². The Hall–Kier alpha value is -2.87. The fraction of sp³-hybridized carbons (Fsp3) is 0.417. The fourth-order valence-corrected chi connectivity index (χ4v) is 4.55. The summed E-state index contributed by atoms with van der Waals surface area (Å²) >= 11 is 0. The van der Waals surface area contributed by atoms with Crippen molar-refractivity contribution < 1.29 is 32.6 Å². The van der Waals surface area contributed by atoms with Gasteiger partial charge in [-0.3, -0.25) is 4.79 Å². The Balaban J connectivity index is 2.25. The third-order valence-corrected chi connectivity index (χ3v) is 6.24. The summed E-state index contributed by atoms with van der Waals surface area (Å²) in [7, 11) is -3.74. The Labute approximate surface area is 189 Å². The van der Waals surface area contributed by atoms with E-state index in [1.807, 2.05) is 6.92 Å². The van der Waals surface area contributed by atoms with Crippen LogP contribution in [0.2, 0.25) is 0 Å². The maximum absolute atomic E-state index is 12.8. The van der Waals surface area contributed by atoms with Crippen LogP contribution in [0.5, 0.6) is 5.75 Å². The lowest BCUT2D eigenvalue weighted by molar-refractivity contribution is -0.155. The normalized spacial score (nSPS) is 11.8. The zero-order valence-corrected chi connectivity index (χ0v) is 19.7. The molecule has 2 aromatic carbocycles. The summed E-state index contributed by atoms with van der Waals surface area (Å²) in [5, 5.41) is 9.86. The number of rotatable bonds is 10. The number of ether oxygens (including phenoxy) is 2. The number of carboxylic acids is 1. The van der Waals surface area contributed by atoms with E-state index in [9.17, 15) is 23.1 Å². The van der Waals surface area contributed by atoms with Gasteiger partial charge in [0.1, 0.15) is 16.9 Å². The molecule has 174 valence electrons. The number of hydrogen-bond acceptors (Lipinski definition) is 6. The quantitative estimate of drug-likeness (QED) is 0.411. The minimum Gasteiger partial charge on any atom is -0.492 e. The van der Waals surface area contributed by atoms with E-state index in [4.69, 9.17) is 9.47 Å². The molecule has 0 aliphatic rings. The van der Waals surface area contributed by atoms with Crippen LogP contribution in [0.1, 0.15) is 62.0 Å². The summed E-state index contributed by atoms with van der Waals surface area (Å²) < 4.78 is 36.6. The van der Waals surface area contributed by atoms with Gasteiger partial charge in [-0.2, -0.15) is 0 Å². The second-order valence-corrected chi connectivity index (χ2v) is 10.3. The van der Waals surface area contributed by atoms with Gasteiger partial charge in [-0.1, -0.05) is 37.3 Å². The molecule has 0 spiro atoms. The third-order valence-electron chi connectivity index (χ3n) is 4.56. The van der Waals surface area contributed by atoms with Crippen LogP contribution >= 0.6 is 0 Å². The van der Waals surface area contributed by atoms with Crippen LogP contribution < -0.4 is 4.74 Å². The molecule has 0 radical (unpaired) electrons. The van der Waals surface area contributed by atoms with Gasteiger partial charge in [0, 0.05) is 6.42 Å². The number of aryl methyl sites for hydroxylation is 1. The Morgan fingerprint density at radius 3 is 2.19 bits per heavy atom. The van der Waals surface area contributed by atoms with Crippen LogP contribution in [0, 0.1) is 0 Å². The van der Waals surface area contributed by atoms with Crippen molar-refractivity contribution >= 4 is 21.8 Å². The second kappa shape index (κ2) is 10.6. The molecule has 2 rings (SSSR count). The molecule has 0 aromatic heterocycles. The second-order valence-electron chi connectivity index (χ2n) is 8.36. The molecule has 0 saturated heterocycles. The van der Waals surface area contributed by atoms with Crippen molar-refractivity contribution in [2.24, 2.45) is 0 Å². The largest absolute Gasteiger partial charge is 0.492 e. The van der Waals surface area contributed by atoms with E-state index in [1.165, 1.54) is 18.2 Å². The molecule has 0 fully saturated rings. The number of carbonyl (C=O) groups is 2. The topological polar surface area (TPSA) is 107 Å². The maximum Gasteiger partial charge on any atom is 0.339 e. The monoisotopic (exact) mass is 462 g/mol. The van der Waals surface area contributed by atoms with Gasteiger partial charge >= 0.3 is 11.9 Å². The molecule has 32 heavy (non-hydrogen) atoms. The van der Waals surface area contributed by atoms with Gasteiger partial charge in [-0.25, -0.2) is 13.2 Å². The Morgan fingerprint density at radius 2 is 1.62 bits per heavy atom. The highest BCUT2D eigenvalue weighted by atomic mass is 32.2. The lowest BCUT2D eigenvalue weighted by Crippen LogP contribution is -2.24. The number of sulfone groups is 1. The zero-order valence-electron chi connectivity index (χ0n) is 18.9. The van der Waals surface area contributed by atoms with Crippen LogP contribution in [0.4, 0.5) is 0 Å². The number of benzene rings is 2. The van der Waals surface area contributed by atoms with Crippen molar-refractivity contribution in [1.82, 2.24) is 0 Å². The van der Waals surface area contributed by atoms with Crippen molar-refractivity contribution in [3.05, 3.63) is 59.2 Å². The molecule has 0 atom stereocenters. The minimum absolute atomic E-state index is 0.0986. The summed E-state index contributed by atoms with van der Waals surface area (Å²) in [6, 6.07) is 11.1. The highest BCUT2D eigenvalue weighted by molar-refractivity contribution is 7.90. The van der Waals surface area contributed by atoms with Crippen LogP contribution in [-0.2, 0) is 31.5 Å². The first-order chi connectivity index (χ1) is 14.9. The molecule has 0 unspecified atom stereocenters. The molecular formula is C24H30O7S. The molecule has 7 nitrogen and oxygen atoms in total. The molecule has 1 N–H and O–H groups in total. The standard InChI is InChI=1S/C24H30O7S/c1-5-17-13-14-18(16-32(28,29)19-10-7-6-8-11-19)21(23(26)27)22(17)30-15-9-12-20(25)31-24(2,3)4/h6-8,10-11,13-14H,5,9,12,15-16H2,1-4H3,(H,26,27). The number of carboxylic acid groups (broad SMARTS) is 1. The molecule has 0 amide bonds. The van der Waals surface area contributed by atoms with Crippen molar-refractivity contribution in [3.63, 3.8) is 0 Å². The van der Waals surface area contributed by atoms with Gasteiger partial charge in [0.25, 0.3) is 0 Å². The van der Waals surface area contributed by atoms with Gasteiger partial charge in [0.05, 0.1) is 17.3 Å². The highest BCUT2D eigenvalue weighted by Crippen LogP contribution is 2.31. The first-order valence-electron chi connectivity index (χ1n) is 10.4. The van der Waals surface area contributed by atoms with Crippen LogP contribution in [0.3, 0.4) is 0 Å². The van der Waals surface area contributed by atoms with E-state index in [0.29, 0.717) is 18.4 Å². The van der Waals surface area contributed by atoms with Crippen molar-refractivity contribution in [3.8, 4) is 5.75 Å². The Morgan fingerprint density at radius 1 is 1.00 bits per heavy atom. The number of aromatic carboxylic acids is 1. The summed E-state index contributed by atoms with van der Waals surface area (Å²) in [4.78, 5) is 24.1. The van der Waals surface area contributed by atoms with E-state index < -0.39 is 27.2 Å².